The van der Waals surface area contributed by atoms with E-state index in [4.69, 9.17) is 0 Å². The minimum absolute atomic E-state index is 0.401. The summed E-state index contributed by atoms with van der Waals surface area (Å²) < 4.78 is 0. The van der Waals surface area contributed by atoms with Crippen LogP contribution < -0.4 is 0 Å². The van der Waals surface area contributed by atoms with Gasteiger partial charge in [0.25, 0.3) is 0 Å². The molecule has 20 heavy (non-hydrogen) atoms. The molecule has 1 aliphatic heterocycles. The number of Topliss-reactive ketones (excluding diaryl/α,β-unsaturated/α-hetero) is 1. The molecule has 1 aliphatic rings. The topological polar surface area (TPSA) is 17.1 Å². The van der Waals surface area contributed by atoms with Crippen molar-refractivity contribution in [1.29, 1.82) is 0 Å². The molecule has 1 nitrogen and oxygen atoms in total. The van der Waals surface area contributed by atoms with Gasteiger partial charge in [-0.15, -0.1) is 0 Å². The first-order chi connectivity index (χ1) is 9.83. The summed E-state index contributed by atoms with van der Waals surface area (Å²) in [4.78, 5) is 12.3. The number of rotatable bonds is 4. The molecule has 2 heteroatoms. The molecule has 0 bridgehead atoms. The van der Waals surface area contributed by atoms with E-state index >= 15 is 0 Å². The number of hydrogen-bond donors (Lipinski definition) is 0. The van der Waals surface area contributed by atoms with E-state index in [1.165, 1.54) is 40.7 Å². The number of ketones is 1. The van der Waals surface area contributed by atoms with Crippen molar-refractivity contribution in [3.63, 3.8) is 0 Å². The molecule has 0 saturated carbocycles. The molecular weight excluding hydrogens is 264 g/mol. The van der Waals surface area contributed by atoms with Crippen molar-refractivity contribution in [3.05, 3.63) is 48.0 Å². The lowest BCUT2D eigenvalue weighted by Crippen LogP contribution is -2.15. The van der Waals surface area contributed by atoms with Gasteiger partial charge in [0.05, 0.1) is 0 Å². The van der Waals surface area contributed by atoms with Gasteiger partial charge in [0.15, 0.2) is 0 Å². The van der Waals surface area contributed by atoms with E-state index in [1.807, 2.05) is 17.8 Å². The van der Waals surface area contributed by atoms with Gasteiger partial charge in [-0.05, 0) is 46.6 Å². The van der Waals surface area contributed by atoms with Crippen molar-refractivity contribution < 1.29 is 4.79 Å². The van der Waals surface area contributed by atoms with Crippen LogP contribution >= 0.6 is 11.8 Å². The average molecular weight is 284 g/mol. The van der Waals surface area contributed by atoms with E-state index in [1.54, 1.807) is 0 Å². The van der Waals surface area contributed by atoms with Gasteiger partial charge in [-0.1, -0.05) is 42.5 Å². The van der Waals surface area contributed by atoms with Crippen LogP contribution in [0.5, 0.6) is 0 Å². The van der Waals surface area contributed by atoms with Crippen molar-refractivity contribution in [1.82, 2.24) is 0 Å². The molecule has 1 heterocycles. The van der Waals surface area contributed by atoms with E-state index in [-0.39, 0.29) is 0 Å². The Morgan fingerprint density at radius 2 is 1.80 bits per heavy atom. The van der Waals surface area contributed by atoms with E-state index in [9.17, 15) is 4.79 Å². The lowest BCUT2D eigenvalue weighted by atomic mass is 9.92. The largest absolute Gasteiger partial charge is 0.299 e. The van der Waals surface area contributed by atoms with Gasteiger partial charge in [0, 0.05) is 12.8 Å². The number of benzene rings is 2. The van der Waals surface area contributed by atoms with Crippen LogP contribution in [-0.2, 0) is 11.2 Å². The second-order valence-electron chi connectivity index (χ2n) is 5.61. The smallest absolute Gasteiger partial charge is 0.137 e. The third kappa shape index (κ3) is 3.24. The monoisotopic (exact) mass is 284 g/mol. The highest BCUT2D eigenvalue weighted by Gasteiger charge is 2.17. The molecule has 0 atom stereocenters. The SMILES string of the molecule is O=C(Cc1cccc2ccccc12)CC1CCSCC1. The van der Waals surface area contributed by atoms with Crippen LogP contribution in [0, 0.1) is 5.92 Å². The summed E-state index contributed by atoms with van der Waals surface area (Å²) in [6.07, 6.45) is 3.78. The van der Waals surface area contributed by atoms with Crippen LogP contribution in [-0.4, -0.2) is 17.3 Å². The molecule has 2 aromatic rings. The maximum atomic E-state index is 12.3. The summed E-state index contributed by atoms with van der Waals surface area (Å²) >= 11 is 2.02. The number of thioether (sulfide) groups is 1. The lowest BCUT2D eigenvalue weighted by molar-refractivity contribution is -0.119. The summed E-state index contributed by atoms with van der Waals surface area (Å²) in [5, 5.41) is 2.45. The van der Waals surface area contributed by atoms with E-state index in [2.05, 4.69) is 36.4 Å². The highest BCUT2D eigenvalue weighted by atomic mass is 32.2. The van der Waals surface area contributed by atoms with Gasteiger partial charge in [-0.2, -0.15) is 11.8 Å². The first-order valence-corrected chi connectivity index (χ1v) is 8.54. The Kier molecular flexibility index (Phi) is 4.41. The van der Waals surface area contributed by atoms with Crippen LogP contribution in [0.2, 0.25) is 0 Å². The fourth-order valence-corrected chi connectivity index (χ4v) is 4.21. The Morgan fingerprint density at radius 3 is 2.65 bits per heavy atom. The van der Waals surface area contributed by atoms with E-state index in [0.29, 0.717) is 18.1 Å². The van der Waals surface area contributed by atoms with Crippen molar-refractivity contribution in [2.24, 2.45) is 5.92 Å². The summed E-state index contributed by atoms with van der Waals surface area (Å²) in [6.45, 7) is 0. The number of hydrogen-bond acceptors (Lipinski definition) is 2. The molecule has 104 valence electrons. The van der Waals surface area contributed by atoms with Crippen molar-refractivity contribution in [3.8, 4) is 0 Å². The summed E-state index contributed by atoms with van der Waals surface area (Å²) in [5.41, 5.74) is 1.18. The number of fused-ring (bicyclic) bond motifs is 1. The zero-order chi connectivity index (χ0) is 13.8. The molecule has 0 spiro atoms. The molecule has 2 aromatic carbocycles. The van der Waals surface area contributed by atoms with Crippen LogP contribution in [0.3, 0.4) is 0 Å². The Morgan fingerprint density at radius 1 is 1.05 bits per heavy atom. The standard InChI is InChI=1S/C18H20OS/c19-17(12-14-8-10-20-11-9-14)13-16-6-3-5-15-4-1-2-7-18(15)16/h1-7,14H,8-13H2. The maximum Gasteiger partial charge on any atom is 0.137 e. The highest BCUT2D eigenvalue weighted by molar-refractivity contribution is 7.99. The molecule has 0 unspecified atom stereocenters. The third-order valence-corrected chi connectivity index (χ3v) is 5.17. The maximum absolute atomic E-state index is 12.3. The summed E-state index contributed by atoms with van der Waals surface area (Å²) in [6, 6.07) is 14.6. The molecule has 0 radical (unpaired) electrons. The molecule has 0 aliphatic carbocycles. The first kappa shape index (κ1) is 13.7. The van der Waals surface area contributed by atoms with E-state index in [0.717, 1.165) is 6.42 Å². The zero-order valence-corrected chi connectivity index (χ0v) is 12.5. The Hall–Kier alpha value is -1.28. The minimum Gasteiger partial charge on any atom is -0.299 e. The minimum atomic E-state index is 0.401. The van der Waals surface area contributed by atoms with Crippen molar-refractivity contribution >= 4 is 28.3 Å². The predicted octanol–water partition coefficient (Wildman–Crippen LogP) is 4.48. The highest BCUT2D eigenvalue weighted by Crippen LogP contribution is 2.26. The summed E-state index contributed by atoms with van der Waals surface area (Å²) in [5.74, 6) is 3.48. The van der Waals surface area contributed by atoms with Crippen LogP contribution in [0.4, 0.5) is 0 Å². The fourth-order valence-electron chi connectivity index (χ4n) is 3.00. The van der Waals surface area contributed by atoms with Gasteiger partial charge in [0.2, 0.25) is 0 Å². The third-order valence-electron chi connectivity index (χ3n) is 4.12. The molecular formula is C18H20OS. The Bertz CT molecular complexity index is 594. The van der Waals surface area contributed by atoms with Crippen LogP contribution in [0.15, 0.2) is 42.5 Å². The van der Waals surface area contributed by atoms with Crippen molar-refractivity contribution in [2.45, 2.75) is 25.7 Å². The average Bonchev–Trinajstić information content (AvgIpc) is 2.48. The number of carbonyl (C=O) groups excluding carboxylic acids is 1. The second kappa shape index (κ2) is 6.45. The van der Waals surface area contributed by atoms with Gasteiger partial charge in [-0.3, -0.25) is 4.79 Å². The Labute approximate surface area is 124 Å². The Balaban J connectivity index is 1.71. The van der Waals surface area contributed by atoms with Crippen molar-refractivity contribution in [2.75, 3.05) is 11.5 Å². The summed E-state index contributed by atoms with van der Waals surface area (Å²) in [7, 11) is 0. The molecule has 3 rings (SSSR count). The lowest BCUT2D eigenvalue weighted by Gasteiger charge is -2.20. The fraction of sp³-hybridized carbons (Fsp3) is 0.389. The molecule has 0 aromatic heterocycles. The number of carbonyl (C=O) groups is 1. The van der Waals surface area contributed by atoms with Gasteiger partial charge in [0.1, 0.15) is 5.78 Å². The second-order valence-corrected chi connectivity index (χ2v) is 6.84. The van der Waals surface area contributed by atoms with Gasteiger partial charge < -0.3 is 0 Å². The van der Waals surface area contributed by atoms with Crippen LogP contribution in [0.25, 0.3) is 10.8 Å². The zero-order valence-electron chi connectivity index (χ0n) is 11.7. The predicted molar refractivity (Wildman–Crippen MR) is 87.3 cm³/mol. The first-order valence-electron chi connectivity index (χ1n) is 7.39. The van der Waals surface area contributed by atoms with Gasteiger partial charge >= 0.3 is 0 Å². The molecule has 1 fully saturated rings. The quantitative estimate of drug-likeness (QED) is 0.823. The molecule has 1 saturated heterocycles. The molecule has 0 amide bonds. The normalized spacial score (nSPS) is 16.4. The molecule has 0 N–H and O–H groups in total. The van der Waals surface area contributed by atoms with Crippen LogP contribution in [0.1, 0.15) is 24.8 Å². The van der Waals surface area contributed by atoms with Gasteiger partial charge in [-0.25, -0.2) is 0 Å². The van der Waals surface area contributed by atoms with E-state index < -0.39 is 0 Å².